The maximum atomic E-state index is 12.2. The Balaban J connectivity index is 3.29. The molecule has 0 fully saturated rings. The molecule has 7 heteroatoms. The lowest BCUT2D eigenvalue weighted by Crippen LogP contribution is -2.28. The maximum Gasteiger partial charge on any atom is 0.271 e. The Morgan fingerprint density at radius 1 is 1.32 bits per heavy atom. The lowest BCUT2D eigenvalue weighted by atomic mass is 10.1. The van der Waals surface area contributed by atoms with E-state index in [1.165, 1.54) is 6.07 Å². The second kappa shape index (κ2) is 5.66. The first-order chi connectivity index (χ1) is 8.65. The van der Waals surface area contributed by atoms with Crippen LogP contribution in [-0.4, -0.2) is 19.9 Å². The van der Waals surface area contributed by atoms with Gasteiger partial charge < -0.3 is 0 Å². The molecule has 0 amide bonds. The molecule has 19 heavy (non-hydrogen) atoms. The van der Waals surface area contributed by atoms with E-state index in [1.807, 2.05) is 13.8 Å². The molecule has 0 aliphatic heterocycles. The van der Waals surface area contributed by atoms with Gasteiger partial charge in [-0.1, -0.05) is 13.8 Å². The van der Waals surface area contributed by atoms with Crippen molar-refractivity contribution in [1.82, 2.24) is 4.72 Å². The second-order valence-electron chi connectivity index (χ2n) is 4.89. The number of nitrogens with zero attached hydrogens (tertiary/aromatic N) is 1. The molecule has 0 saturated carbocycles. The number of aryl methyl sites for hydroxylation is 1. The first-order valence-electron chi connectivity index (χ1n) is 5.90. The van der Waals surface area contributed by atoms with Gasteiger partial charge in [0.25, 0.3) is 5.69 Å². The molecule has 6 nitrogen and oxygen atoms in total. The topological polar surface area (TPSA) is 89.3 Å². The first kappa shape index (κ1) is 15.6. The van der Waals surface area contributed by atoms with E-state index in [1.54, 1.807) is 13.8 Å². The van der Waals surface area contributed by atoms with Crippen molar-refractivity contribution in [2.45, 2.75) is 32.6 Å². The Morgan fingerprint density at radius 3 is 2.37 bits per heavy atom. The molecular formula is C12H18N2O4S. The van der Waals surface area contributed by atoms with Gasteiger partial charge in [-0.2, -0.15) is 0 Å². The number of hydrogen-bond acceptors (Lipinski definition) is 4. The SMILES string of the molecule is Cc1cc([N+](=O)[O-])cc(S(=O)(=O)NCC(C)C)c1C. The van der Waals surface area contributed by atoms with Crippen molar-refractivity contribution in [3.63, 3.8) is 0 Å². The van der Waals surface area contributed by atoms with Gasteiger partial charge in [0, 0.05) is 18.7 Å². The summed E-state index contributed by atoms with van der Waals surface area (Å²) in [5.41, 5.74) is 0.897. The van der Waals surface area contributed by atoms with E-state index in [2.05, 4.69) is 4.72 Å². The zero-order chi connectivity index (χ0) is 14.8. The fourth-order valence-corrected chi connectivity index (χ4v) is 3.10. The number of benzene rings is 1. The van der Waals surface area contributed by atoms with E-state index >= 15 is 0 Å². The molecule has 0 heterocycles. The molecule has 1 aromatic rings. The monoisotopic (exact) mass is 286 g/mol. The van der Waals surface area contributed by atoms with E-state index in [0.29, 0.717) is 17.7 Å². The lowest BCUT2D eigenvalue weighted by Gasteiger charge is -2.12. The third-order valence-corrected chi connectivity index (χ3v) is 4.34. The highest BCUT2D eigenvalue weighted by atomic mass is 32.2. The van der Waals surface area contributed by atoms with E-state index < -0.39 is 14.9 Å². The molecule has 0 radical (unpaired) electrons. The van der Waals surface area contributed by atoms with Crippen LogP contribution in [0.5, 0.6) is 0 Å². The Morgan fingerprint density at radius 2 is 1.89 bits per heavy atom. The Hall–Kier alpha value is -1.47. The Bertz CT molecular complexity index is 594. The molecule has 0 aliphatic carbocycles. The zero-order valence-electron chi connectivity index (χ0n) is 11.4. The van der Waals surface area contributed by atoms with Gasteiger partial charge in [0.05, 0.1) is 9.82 Å². The normalized spacial score (nSPS) is 11.8. The van der Waals surface area contributed by atoms with E-state index in [4.69, 9.17) is 0 Å². The van der Waals surface area contributed by atoms with Crippen LogP contribution in [0.3, 0.4) is 0 Å². The van der Waals surface area contributed by atoms with Gasteiger partial charge in [-0.25, -0.2) is 13.1 Å². The standard InChI is InChI=1S/C12H18N2O4S/c1-8(2)7-13-19(17,18)12-6-11(14(15)16)5-9(3)10(12)4/h5-6,8,13H,7H2,1-4H3. The van der Waals surface area contributed by atoms with E-state index in [-0.39, 0.29) is 16.5 Å². The highest BCUT2D eigenvalue weighted by molar-refractivity contribution is 7.89. The predicted molar refractivity (Wildman–Crippen MR) is 72.6 cm³/mol. The average Bonchev–Trinajstić information content (AvgIpc) is 2.29. The molecule has 1 rings (SSSR count). The summed E-state index contributed by atoms with van der Waals surface area (Å²) < 4.78 is 26.8. The van der Waals surface area contributed by atoms with Gasteiger partial charge in [-0.15, -0.1) is 0 Å². The third-order valence-electron chi connectivity index (χ3n) is 2.79. The highest BCUT2D eigenvalue weighted by Gasteiger charge is 2.22. The summed E-state index contributed by atoms with van der Waals surface area (Å²) in [4.78, 5) is 10.2. The van der Waals surface area contributed by atoms with Gasteiger partial charge in [0.15, 0.2) is 0 Å². The van der Waals surface area contributed by atoms with Crippen LogP contribution in [0, 0.1) is 29.9 Å². The van der Waals surface area contributed by atoms with Crippen molar-refractivity contribution in [3.05, 3.63) is 33.4 Å². The molecule has 0 aromatic heterocycles. The summed E-state index contributed by atoms with van der Waals surface area (Å²) >= 11 is 0. The first-order valence-corrected chi connectivity index (χ1v) is 7.38. The Labute approximate surface area is 113 Å². The summed E-state index contributed by atoms with van der Waals surface area (Å²) in [6, 6.07) is 2.47. The molecule has 1 N–H and O–H groups in total. The number of rotatable bonds is 5. The van der Waals surface area contributed by atoms with E-state index in [9.17, 15) is 18.5 Å². The van der Waals surface area contributed by atoms with Crippen LogP contribution in [0.25, 0.3) is 0 Å². The molecule has 106 valence electrons. The summed E-state index contributed by atoms with van der Waals surface area (Å²) in [7, 11) is -3.72. The predicted octanol–water partition coefficient (Wildman–Crippen LogP) is 2.15. The minimum absolute atomic E-state index is 0.0279. The van der Waals surface area contributed by atoms with Gasteiger partial charge >= 0.3 is 0 Å². The molecule has 0 atom stereocenters. The van der Waals surface area contributed by atoms with Crippen LogP contribution < -0.4 is 4.72 Å². The van der Waals surface area contributed by atoms with Crippen LogP contribution in [0.15, 0.2) is 17.0 Å². The Kier molecular flexibility index (Phi) is 4.65. The number of hydrogen-bond donors (Lipinski definition) is 1. The number of nitro groups is 1. The summed E-state index contributed by atoms with van der Waals surface area (Å²) in [6.45, 7) is 7.36. The van der Waals surface area contributed by atoms with Crippen LogP contribution in [0.1, 0.15) is 25.0 Å². The number of non-ortho nitro benzene ring substituents is 1. The van der Waals surface area contributed by atoms with Gasteiger partial charge in [0.2, 0.25) is 10.0 Å². The van der Waals surface area contributed by atoms with Crippen molar-refractivity contribution in [2.75, 3.05) is 6.54 Å². The quantitative estimate of drug-likeness (QED) is 0.663. The summed E-state index contributed by atoms with van der Waals surface area (Å²) in [5.74, 6) is 0.162. The number of sulfonamides is 1. The van der Waals surface area contributed by atoms with Crippen molar-refractivity contribution in [1.29, 1.82) is 0 Å². The molecule has 0 spiro atoms. The molecule has 1 aromatic carbocycles. The van der Waals surface area contributed by atoms with Gasteiger partial charge in [-0.3, -0.25) is 10.1 Å². The largest absolute Gasteiger partial charge is 0.271 e. The van der Waals surface area contributed by atoms with Crippen LogP contribution in [-0.2, 0) is 10.0 Å². The highest BCUT2D eigenvalue weighted by Crippen LogP contribution is 2.25. The number of nitro benzene ring substituents is 1. The minimum Gasteiger partial charge on any atom is -0.258 e. The van der Waals surface area contributed by atoms with Crippen LogP contribution in [0.4, 0.5) is 5.69 Å². The molecule has 0 saturated heterocycles. The maximum absolute atomic E-state index is 12.2. The van der Waals surface area contributed by atoms with Crippen LogP contribution in [0.2, 0.25) is 0 Å². The van der Waals surface area contributed by atoms with Gasteiger partial charge in [-0.05, 0) is 30.9 Å². The average molecular weight is 286 g/mol. The zero-order valence-corrected chi connectivity index (χ0v) is 12.2. The number of nitrogens with one attached hydrogen (secondary N) is 1. The summed E-state index contributed by atoms with van der Waals surface area (Å²) in [6.07, 6.45) is 0. The van der Waals surface area contributed by atoms with Crippen molar-refractivity contribution >= 4 is 15.7 Å². The lowest BCUT2D eigenvalue weighted by molar-refractivity contribution is -0.385. The van der Waals surface area contributed by atoms with E-state index in [0.717, 1.165) is 6.07 Å². The third kappa shape index (κ3) is 3.74. The van der Waals surface area contributed by atoms with Crippen molar-refractivity contribution in [2.24, 2.45) is 5.92 Å². The molecule has 0 unspecified atom stereocenters. The fraction of sp³-hybridized carbons (Fsp3) is 0.500. The summed E-state index contributed by atoms with van der Waals surface area (Å²) in [5, 5.41) is 10.8. The smallest absolute Gasteiger partial charge is 0.258 e. The van der Waals surface area contributed by atoms with Crippen molar-refractivity contribution < 1.29 is 13.3 Å². The second-order valence-corrected chi connectivity index (χ2v) is 6.62. The molecular weight excluding hydrogens is 268 g/mol. The fourth-order valence-electron chi connectivity index (χ4n) is 1.55. The molecule has 0 aliphatic rings. The molecule has 0 bridgehead atoms. The van der Waals surface area contributed by atoms with Gasteiger partial charge in [0.1, 0.15) is 0 Å². The van der Waals surface area contributed by atoms with Crippen molar-refractivity contribution in [3.8, 4) is 0 Å². The van der Waals surface area contributed by atoms with Crippen LogP contribution >= 0.6 is 0 Å². The minimum atomic E-state index is -3.72.